The van der Waals surface area contributed by atoms with Crippen molar-refractivity contribution in [2.24, 2.45) is 0 Å². The van der Waals surface area contributed by atoms with Gasteiger partial charge in [-0.25, -0.2) is 4.79 Å². The lowest BCUT2D eigenvalue weighted by atomic mass is 9.94. The number of rotatable bonds is 3. The van der Waals surface area contributed by atoms with Gasteiger partial charge in [-0.2, -0.15) is 0 Å². The Labute approximate surface area is 112 Å². The number of hydrogen-bond donors (Lipinski definition) is 1. The molecule has 5 heteroatoms. The van der Waals surface area contributed by atoms with Crippen LogP contribution in [0.1, 0.15) is 26.3 Å². The molecule has 1 aromatic rings. The molecule has 104 valence electrons. The summed E-state index contributed by atoms with van der Waals surface area (Å²) in [6.45, 7) is 7.06. The van der Waals surface area contributed by atoms with Gasteiger partial charge in [0, 0.05) is 0 Å². The standard InChI is InChI=1S/C14H19NO4/c1-4-17-13(16)15-14(2,3)10-5-6-11-12(9-10)19-8-7-18-11/h5-6,9H,4,7-8H2,1-3H3,(H,15,16). The molecule has 1 aromatic carbocycles. The van der Waals surface area contributed by atoms with Crippen molar-refractivity contribution in [3.63, 3.8) is 0 Å². The second-order valence-corrected chi connectivity index (χ2v) is 4.83. The van der Waals surface area contributed by atoms with Gasteiger partial charge in [-0.1, -0.05) is 6.07 Å². The SMILES string of the molecule is CCOC(=O)NC(C)(C)c1ccc2c(c1)OCCO2. The minimum Gasteiger partial charge on any atom is -0.486 e. The molecule has 1 amide bonds. The topological polar surface area (TPSA) is 56.8 Å². The van der Waals surface area contributed by atoms with Crippen LogP contribution < -0.4 is 14.8 Å². The van der Waals surface area contributed by atoms with Gasteiger partial charge in [0.15, 0.2) is 11.5 Å². The molecule has 0 radical (unpaired) electrons. The van der Waals surface area contributed by atoms with E-state index in [2.05, 4.69) is 5.32 Å². The number of fused-ring (bicyclic) bond motifs is 1. The van der Waals surface area contributed by atoms with Gasteiger partial charge in [-0.15, -0.1) is 0 Å². The zero-order valence-electron chi connectivity index (χ0n) is 11.5. The highest BCUT2D eigenvalue weighted by molar-refractivity contribution is 5.68. The second-order valence-electron chi connectivity index (χ2n) is 4.83. The van der Waals surface area contributed by atoms with Crippen molar-refractivity contribution in [3.8, 4) is 11.5 Å². The Balaban J connectivity index is 2.17. The fourth-order valence-corrected chi connectivity index (χ4v) is 1.93. The molecule has 0 spiro atoms. The molecule has 5 nitrogen and oxygen atoms in total. The van der Waals surface area contributed by atoms with Crippen LogP contribution in [0.3, 0.4) is 0 Å². The summed E-state index contributed by atoms with van der Waals surface area (Å²) in [4.78, 5) is 11.5. The van der Waals surface area contributed by atoms with Crippen molar-refractivity contribution >= 4 is 6.09 Å². The Morgan fingerprint density at radius 3 is 2.68 bits per heavy atom. The first kappa shape index (κ1) is 13.5. The van der Waals surface area contributed by atoms with Crippen molar-refractivity contribution in [2.75, 3.05) is 19.8 Å². The summed E-state index contributed by atoms with van der Waals surface area (Å²) in [5.41, 5.74) is 0.395. The molecule has 0 unspecified atom stereocenters. The van der Waals surface area contributed by atoms with Crippen LogP contribution >= 0.6 is 0 Å². The number of carbonyl (C=O) groups excluding carboxylic acids is 1. The highest BCUT2D eigenvalue weighted by atomic mass is 16.6. The van der Waals surface area contributed by atoms with Crippen LogP contribution in [0, 0.1) is 0 Å². The normalized spacial score (nSPS) is 13.8. The summed E-state index contributed by atoms with van der Waals surface area (Å²) in [6, 6.07) is 5.67. The maximum atomic E-state index is 11.5. The van der Waals surface area contributed by atoms with Gasteiger partial charge < -0.3 is 19.5 Å². The second kappa shape index (κ2) is 5.38. The van der Waals surface area contributed by atoms with E-state index in [1.165, 1.54) is 0 Å². The molecular weight excluding hydrogens is 246 g/mol. The van der Waals surface area contributed by atoms with E-state index in [1.54, 1.807) is 6.92 Å². The maximum Gasteiger partial charge on any atom is 0.407 e. The Morgan fingerprint density at radius 1 is 1.32 bits per heavy atom. The van der Waals surface area contributed by atoms with Crippen LogP contribution in [-0.4, -0.2) is 25.9 Å². The summed E-state index contributed by atoms with van der Waals surface area (Å²) in [5, 5.41) is 2.82. The van der Waals surface area contributed by atoms with E-state index >= 15 is 0 Å². The highest BCUT2D eigenvalue weighted by Gasteiger charge is 2.25. The van der Waals surface area contributed by atoms with E-state index in [9.17, 15) is 4.79 Å². The zero-order valence-corrected chi connectivity index (χ0v) is 11.5. The van der Waals surface area contributed by atoms with Gasteiger partial charge >= 0.3 is 6.09 Å². The molecule has 1 aliphatic rings. The summed E-state index contributed by atoms with van der Waals surface area (Å²) in [6.07, 6.45) is -0.428. The predicted molar refractivity (Wildman–Crippen MR) is 70.6 cm³/mol. The number of ether oxygens (including phenoxy) is 3. The van der Waals surface area contributed by atoms with Crippen LogP contribution in [0.5, 0.6) is 11.5 Å². The maximum absolute atomic E-state index is 11.5. The lowest BCUT2D eigenvalue weighted by Gasteiger charge is -2.28. The van der Waals surface area contributed by atoms with E-state index in [0.717, 1.165) is 11.3 Å². The fourth-order valence-electron chi connectivity index (χ4n) is 1.93. The first-order valence-electron chi connectivity index (χ1n) is 6.38. The van der Waals surface area contributed by atoms with E-state index in [4.69, 9.17) is 14.2 Å². The number of amides is 1. The minimum absolute atomic E-state index is 0.350. The third-order valence-electron chi connectivity index (χ3n) is 2.95. The van der Waals surface area contributed by atoms with E-state index in [0.29, 0.717) is 25.6 Å². The molecule has 0 atom stereocenters. The van der Waals surface area contributed by atoms with Gasteiger partial charge in [-0.05, 0) is 38.5 Å². The van der Waals surface area contributed by atoms with E-state index in [1.807, 2.05) is 32.0 Å². The molecule has 0 aliphatic carbocycles. The Morgan fingerprint density at radius 2 is 2.00 bits per heavy atom. The first-order valence-corrected chi connectivity index (χ1v) is 6.38. The molecule has 2 rings (SSSR count). The van der Waals surface area contributed by atoms with Crippen molar-refractivity contribution in [1.82, 2.24) is 5.32 Å². The monoisotopic (exact) mass is 265 g/mol. The quantitative estimate of drug-likeness (QED) is 0.912. The Hall–Kier alpha value is -1.91. The van der Waals surface area contributed by atoms with Crippen molar-refractivity contribution < 1.29 is 19.0 Å². The van der Waals surface area contributed by atoms with Crippen LogP contribution in [0.4, 0.5) is 4.79 Å². The molecule has 0 bridgehead atoms. The lowest BCUT2D eigenvalue weighted by molar-refractivity contribution is 0.141. The van der Waals surface area contributed by atoms with Crippen molar-refractivity contribution in [3.05, 3.63) is 23.8 Å². The third kappa shape index (κ3) is 3.10. The molecule has 0 fully saturated rings. The number of hydrogen-bond acceptors (Lipinski definition) is 4. The summed E-state index contributed by atoms with van der Waals surface area (Å²) in [7, 11) is 0. The molecule has 0 aromatic heterocycles. The highest BCUT2D eigenvalue weighted by Crippen LogP contribution is 2.34. The largest absolute Gasteiger partial charge is 0.486 e. The van der Waals surface area contributed by atoms with Crippen molar-refractivity contribution in [2.45, 2.75) is 26.3 Å². The van der Waals surface area contributed by atoms with Crippen LogP contribution in [0.25, 0.3) is 0 Å². The molecule has 1 heterocycles. The molecule has 0 saturated carbocycles. The molecular formula is C14H19NO4. The van der Waals surface area contributed by atoms with Gasteiger partial charge in [-0.3, -0.25) is 0 Å². The third-order valence-corrected chi connectivity index (χ3v) is 2.95. The first-order chi connectivity index (χ1) is 9.03. The molecule has 0 saturated heterocycles. The Kier molecular flexibility index (Phi) is 3.83. The zero-order chi connectivity index (χ0) is 13.9. The lowest BCUT2D eigenvalue weighted by Crippen LogP contribution is -2.41. The van der Waals surface area contributed by atoms with Gasteiger partial charge in [0.1, 0.15) is 13.2 Å². The number of nitrogens with one attached hydrogen (secondary N) is 1. The van der Waals surface area contributed by atoms with Gasteiger partial charge in [0.25, 0.3) is 0 Å². The van der Waals surface area contributed by atoms with E-state index in [-0.39, 0.29) is 0 Å². The predicted octanol–water partition coefficient (Wildman–Crippen LogP) is 2.44. The minimum atomic E-state index is -0.540. The average molecular weight is 265 g/mol. The Bertz CT molecular complexity index is 471. The number of benzene rings is 1. The summed E-state index contributed by atoms with van der Waals surface area (Å²) in [5.74, 6) is 1.45. The van der Waals surface area contributed by atoms with Crippen molar-refractivity contribution in [1.29, 1.82) is 0 Å². The molecule has 1 aliphatic heterocycles. The number of carbonyl (C=O) groups is 1. The van der Waals surface area contributed by atoms with Crippen LogP contribution in [0.2, 0.25) is 0 Å². The van der Waals surface area contributed by atoms with Gasteiger partial charge in [0.2, 0.25) is 0 Å². The number of alkyl carbamates (subject to hydrolysis) is 1. The smallest absolute Gasteiger partial charge is 0.407 e. The average Bonchev–Trinajstić information content (AvgIpc) is 2.37. The van der Waals surface area contributed by atoms with E-state index < -0.39 is 11.6 Å². The van der Waals surface area contributed by atoms with Crippen LogP contribution in [0.15, 0.2) is 18.2 Å². The fraction of sp³-hybridized carbons (Fsp3) is 0.500. The van der Waals surface area contributed by atoms with Crippen LogP contribution in [-0.2, 0) is 10.3 Å². The molecule has 19 heavy (non-hydrogen) atoms. The van der Waals surface area contributed by atoms with Gasteiger partial charge in [0.05, 0.1) is 12.1 Å². The summed E-state index contributed by atoms with van der Waals surface area (Å²) >= 11 is 0. The molecule has 1 N–H and O–H groups in total. The summed E-state index contributed by atoms with van der Waals surface area (Å²) < 4.78 is 15.9.